The summed E-state index contributed by atoms with van der Waals surface area (Å²) in [6.45, 7) is 2.78. The van der Waals surface area contributed by atoms with E-state index in [0.29, 0.717) is 6.04 Å². The number of aryl methyl sites for hydroxylation is 1. The van der Waals surface area contributed by atoms with Crippen molar-refractivity contribution in [2.75, 3.05) is 20.3 Å². The van der Waals surface area contributed by atoms with Crippen LogP contribution in [0.5, 0.6) is 0 Å². The third kappa shape index (κ3) is 5.16. The first kappa shape index (κ1) is 19.7. The summed E-state index contributed by atoms with van der Waals surface area (Å²) in [4.78, 5) is 11.4. The Balaban J connectivity index is 0.000000277. The Labute approximate surface area is 143 Å². The zero-order chi connectivity index (χ0) is 18.6. The number of carboxylic acid groups (broad SMARTS) is 1. The van der Waals surface area contributed by atoms with Gasteiger partial charge < -0.3 is 14.6 Å². The zero-order valence-corrected chi connectivity index (χ0v) is 14.1. The van der Waals surface area contributed by atoms with Crippen LogP contribution in [0.3, 0.4) is 0 Å². The van der Waals surface area contributed by atoms with E-state index in [9.17, 15) is 13.2 Å². The first-order chi connectivity index (χ1) is 11.7. The number of aromatic nitrogens is 2. The maximum absolute atomic E-state index is 10.6. The van der Waals surface area contributed by atoms with Crippen LogP contribution in [-0.2, 0) is 27.9 Å². The lowest BCUT2D eigenvalue weighted by atomic mass is 10.0. The van der Waals surface area contributed by atoms with Crippen molar-refractivity contribution in [2.24, 2.45) is 7.05 Å². The molecule has 1 N–H and O–H groups in total. The highest BCUT2D eigenvalue weighted by Gasteiger charge is 2.44. The monoisotopic (exact) mass is 365 g/mol. The summed E-state index contributed by atoms with van der Waals surface area (Å²) in [7, 11) is 3.74. The van der Waals surface area contributed by atoms with Gasteiger partial charge in [-0.3, -0.25) is 9.58 Å². The highest BCUT2D eigenvalue weighted by Crippen LogP contribution is 2.31. The summed E-state index contributed by atoms with van der Waals surface area (Å²) in [6, 6.07) is 0.504. The van der Waals surface area contributed by atoms with Gasteiger partial charge in [0.05, 0.1) is 12.3 Å². The molecular formula is C15H22F3N3O4. The average Bonchev–Trinajstić information content (AvgIpc) is 3.11. The van der Waals surface area contributed by atoms with E-state index in [1.165, 1.54) is 12.0 Å². The highest BCUT2D eigenvalue weighted by molar-refractivity contribution is 5.73. The summed E-state index contributed by atoms with van der Waals surface area (Å²) in [5.41, 5.74) is 1.26. The van der Waals surface area contributed by atoms with Crippen molar-refractivity contribution in [1.82, 2.24) is 14.7 Å². The number of hydrogen-bond donors (Lipinski definition) is 1. The van der Waals surface area contributed by atoms with Gasteiger partial charge in [-0.2, -0.15) is 18.3 Å². The van der Waals surface area contributed by atoms with E-state index in [-0.39, 0.29) is 12.2 Å². The molecule has 0 bridgehead atoms. The van der Waals surface area contributed by atoms with Crippen molar-refractivity contribution in [2.45, 2.75) is 43.8 Å². The third-order valence-corrected chi connectivity index (χ3v) is 4.27. The van der Waals surface area contributed by atoms with Crippen LogP contribution in [0.2, 0.25) is 0 Å². The Hall–Kier alpha value is -1.65. The molecule has 2 saturated heterocycles. The number of rotatable bonds is 3. The van der Waals surface area contributed by atoms with Crippen LogP contribution in [-0.4, -0.2) is 70.4 Å². The van der Waals surface area contributed by atoms with Crippen LogP contribution < -0.4 is 0 Å². The fourth-order valence-electron chi connectivity index (χ4n) is 3.18. The van der Waals surface area contributed by atoms with Gasteiger partial charge in [0, 0.05) is 51.7 Å². The molecule has 2 fully saturated rings. The number of hydrogen-bond acceptors (Lipinski definition) is 5. The molecule has 10 heteroatoms. The zero-order valence-electron chi connectivity index (χ0n) is 14.1. The second-order valence-corrected chi connectivity index (χ2v) is 6.07. The molecule has 7 nitrogen and oxygen atoms in total. The fourth-order valence-corrected chi connectivity index (χ4v) is 3.18. The molecule has 1 aromatic heterocycles. The Morgan fingerprint density at radius 1 is 1.52 bits per heavy atom. The number of likely N-dealkylation sites (tertiary alicyclic amines) is 1. The molecule has 3 atom stereocenters. The quantitative estimate of drug-likeness (QED) is 0.873. The van der Waals surface area contributed by atoms with Gasteiger partial charge in [-0.15, -0.1) is 0 Å². The molecular weight excluding hydrogens is 343 g/mol. The van der Waals surface area contributed by atoms with E-state index in [0.717, 1.165) is 26.1 Å². The van der Waals surface area contributed by atoms with E-state index >= 15 is 0 Å². The van der Waals surface area contributed by atoms with Gasteiger partial charge in [0.2, 0.25) is 0 Å². The molecule has 2 aliphatic rings. The lowest BCUT2D eigenvalue weighted by Crippen LogP contribution is -2.41. The summed E-state index contributed by atoms with van der Waals surface area (Å²) in [5, 5.41) is 11.4. The summed E-state index contributed by atoms with van der Waals surface area (Å²) < 4.78 is 45.0. The van der Waals surface area contributed by atoms with Gasteiger partial charge in [-0.1, -0.05) is 0 Å². The van der Waals surface area contributed by atoms with Crippen LogP contribution in [0.25, 0.3) is 0 Å². The molecule has 0 aliphatic carbocycles. The number of halogens is 3. The van der Waals surface area contributed by atoms with Crippen LogP contribution >= 0.6 is 0 Å². The van der Waals surface area contributed by atoms with Crippen LogP contribution in [0.1, 0.15) is 18.4 Å². The van der Waals surface area contributed by atoms with Crippen molar-refractivity contribution < 1.29 is 32.5 Å². The molecule has 3 rings (SSSR count). The molecule has 3 heterocycles. The standard InChI is InChI=1S/C13H21N3O2.C2HF3O2/c1-15-7-10(6-14-15)8-16-9-12(17-2)13-11(16)4-3-5-18-13;3-2(4,5)1(6)7/h6-7,11-13H,3-5,8-9H2,1-2H3;(H,6,7)/t11-,12+,13+;/m1./s1. The predicted octanol–water partition coefficient (Wildman–Crippen LogP) is 1.43. The van der Waals surface area contributed by atoms with Crippen molar-refractivity contribution in [1.29, 1.82) is 0 Å². The van der Waals surface area contributed by atoms with Gasteiger partial charge in [-0.05, 0) is 12.8 Å². The molecule has 25 heavy (non-hydrogen) atoms. The Kier molecular flexibility index (Phi) is 6.42. The van der Waals surface area contributed by atoms with Crippen LogP contribution in [0.4, 0.5) is 13.2 Å². The number of alkyl halides is 3. The molecule has 0 amide bonds. The molecule has 0 aromatic carbocycles. The van der Waals surface area contributed by atoms with Gasteiger partial charge in [0.25, 0.3) is 0 Å². The Morgan fingerprint density at radius 2 is 2.20 bits per heavy atom. The fraction of sp³-hybridized carbons (Fsp3) is 0.733. The van der Waals surface area contributed by atoms with E-state index in [2.05, 4.69) is 16.2 Å². The second-order valence-electron chi connectivity index (χ2n) is 6.07. The Bertz CT molecular complexity index is 579. The van der Waals surface area contributed by atoms with Crippen LogP contribution in [0, 0.1) is 0 Å². The molecule has 0 spiro atoms. The molecule has 0 unspecified atom stereocenters. The van der Waals surface area contributed by atoms with Crippen molar-refractivity contribution in [3.05, 3.63) is 18.0 Å². The summed E-state index contributed by atoms with van der Waals surface area (Å²) in [5.74, 6) is -2.76. The number of nitrogens with zero attached hydrogens (tertiary/aromatic N) is 3. The topological polar surface area (TPSA) is 76.8 Å². The number of fused-ring (bicyclic) bond motifs is 1. The first-order valence-corrected chi connectivity index (χ1v) is 7.88. The molecule has 0 radical (unpaired) electrons. The van der Waals surface area contributed by atoms with Crippen LogP contribution in [0.15, 0.2) is 12.4 Å². The normalized spacial score (nSPS) is 26.7. The van der Waals surface area contributed by atoms with Gasteiger partial charge >= 0.3 is 12.1 Å². The summed E-state index contributed by atoms with van der Waals surface area (Å²) >= 11 is 0. The third-order valence-electron chi connectivity index (χ3n) is 4.27. The Morgan fingerprint density at radius 3 is 2.72 bits per heavy atom. The maximum Gasteiger partial charge on any atom is 0.490 e. The molecule has 1 aromatic rings. The van der Waals surface area contributed by atoms with Gasteiger partial charge in [0.15, 0.2) is 0 Å². The number of carbonyl (C=O) groups is 1. The van der Waals surface area contributed by atoms with Crippen molar-refractivity contribution >= 4 is 5.97 Å². The minimum Gasteiger partial charge on any atom is -0.475 e. The second kappa shape index (κ2) is 8.15. The van der Waals surface area contributed by atoms with Crippen molar-refractivity contribution in [3.63, 3.8) is 0 Å². The lowest BCUT2D eigenvalue weighted by molar-refractivity contribution is -0.192. The van der Waals surface area contributed by atoms with E-state index in [1.807, 2.05) is 17.9 Å². The minimum atomic E-state index is -5.08. The smallest absolute Gasteiger partial charge is 0.475 e. The summed E-state index contributed by atoms with van der Waals surface area (Å²) in [6.07, 6.45) is 1.77. The molecule has 142 valence electrons. The van der Waals surface area contributed by atoms with E-state index in [4.69, 9.17) is 19.4 Å². The molecule has 2 aliphatic heterocycles. The predicted molar refractivity (Wildman–Crippen MR) is 80.9 cm³/mol. The minimum absolute atomic E-state index is 0.215. The lowest BCUT2D eigenvalue weighted by Gasteiger charge is -2.31. The molecule has 0 saturated carbocycles. The maximum atomic E-state index is 10.6. The van der Waals surface area contributed by atoms with Crippen molar-refractivity contribution in [3.8, 4) is 0 Å². The SMILES string of the molecule is CO[C@H]1CN(Cc2cnn(C)c2)[C@@H]2CCCO[C@H]12.O=C(O)C(F)(F)F. The number of ether oxygens (including phenoxy) is 2. The number of carboxylic acids is 1. The van der Waals surface area contributed by atoms with Gasteiger partial charge in [0.1, 0.15) is 6.10 Å². The van der Waals surface area contributed by atoms with E-state index < -0.39 is 12.1 Å². The van der Waals surface area contributed by atoms with E-state index in [1.54, 1.807) is 7.11 Å². The first-order valence-electron chi connectivity index (χ1n) is 7.88. The van der Waals surface area contributed by atoms with Gasteiger partial charge in [-0.25, -0.2) is 4.79 Å². The number of aliphatic carboxylic acids is 1. The largest absolute Gasteiger partial charge is 0.490 e. The highest BCUT2D eigenvalue weighted by atomic mass is 19.4. The average molecular weight is 365 g/mol. The number of methoxy groups -OCH3 is 1.